The summed E-state index contributed by atoms with van der Waals surface area (Å²) in [5.74, 6) is -0.0234. The SMILES string of the molecule is C=C(C)CN(CC)C(=O)c1ccccc1Nc1ccc(OC(F)F)cc1. The minimum absolute atomic E-state index is 0.0773. The average Bonchev–Trinajstić information content (AvgIpc) is 2.60. The molecule has 0 atom stereocenters. The number of amides is 1. The van der Waals surface area contributed by atoms with Crippen LogP contribution in [-0.4, -0.2) is 30.5 Å². The van der Waals surface area contributed by atoms with Crippen LogP contribution in [0.2, 0.25) is 0 Å². The standard InChI is InChI=1S/C20H22F2N2O2/c1-4-24(13-14(2)3)19(25)17-7-5-6-8-18(17)23-15-9-11-16(12-10-15)26-20(21)22/h5-12,20,23H,2,4,13H2,1,3H3. The number of rotatable bonds is 8. The molecule has 4 nitrogen and oxygen atoms in total. The first-order valence-electron chi connectivity index (χ1n) is 8.25. The lowest BCUT2D eigenvalue weighted by Gasteiger charge is -2.22. The number of alkyl halides is 2. The summed E-state index contributed by atoms with van der Waals surface area (Å²) in [4.78, 5) is 14.6. The Morgan fingerprint density at radius 3 is 2.42 bits per heavy atom. The molecule has 0 bridgehead atoms. The second kappa shape index (κ2) is 8.99. The maximum Gasteiger partial charge on any atom is 0.387 e. The predicted molar refractivity (Wildman–Crippen MR) is 99.2 cm³/mol. The van der Waals surface area contributed by atoms with Crippen LogP contribution < -0.4 is 10.1 Å². The van der Waals surface area contributed by atoms with E-state index >= 15 is 0 Å². The van der Waals surface area contributed by atoms with Crippen LogP contribution in [0.4, 0.5) is 20.2 Å². The second-order valence-corrected chi connectivity index (χ2v) is 5.85. The maximum absolute atomic E-state index is 12.8. The molecule has 2 rings (SSSR count). The first-order valence-corrected chi connectivity index (χ1v) is 8.25. The summed E-state index contributed by atoms with van der Waals surface area (Å²) in [6.45, 7) is 5.85. The van der Waals surface area contributed by atoms with Gasteiger partial charge in [0.25, 0.3) is 5.91 Å². The molecule has 1 amide bonds. The number of carbonyl (C=O) groups is 1. The molecule has 0 saturated carbocycles. The molecule has 0 aromatic heterocycles. The van der Waals surface area contributed by atoms with Crippen molar-refractivity contribution in [2.45, 2.75) is 20.5 Å². The first kappa shape index (κ1) is 19.4. The molecular formula is C20H22F2N2O2. The van der Waals surface area contributed by atoms with Gasteiger partial charge in [-0.25, -0.2) is 0 Å². The van der Waals surface area contributed by atoms with Gasteiger partial charge < -0.3 is 15.0 Å². The fraction of sp³-hybridized carbons (Fsp3) is 0.250. The Morgan fingerprint density at radius 1 is 1.19 bits per heavy atom. The van der Waals surface area contributed by atoms with Crippen molar-refractivity contribution in [3.8, 4) is 5.75 Å². The zero-order valence-electron chi connectivity index (χ0n) is 14.8. The fourth-order valence-corrected chi connectivity index (χ4v) is 2.48. The number of hydrogen-bond donors (Lipinski definition) is 1. The number of anilines is 2. The van der Waals surface area contributed by atoms with Gasteiger partial charge in [-0.15, -0.1) is 0 Å². The monoisotopic (exact) mass is 360 g/mol. The van der Waals surface area contributed by atoms with Gasteiger partial charge in [-0.05, 0) is 50.2 Å². The molecule has 0 spiro atoms. The van der Waals surface area contributed by atoms with Crippen LogP contribution in [0.5, 0.6) is 5.75 Å². The molecule has 0 saturated heterocycles. The van der Waals surface area contributed by atoms with Crippen molar-refractivity contribution >= 4 is 17.3 Å². The van der Waals surface area contributed by atoms with Crippen LogP contribution in [0.25, 0.3) is 0 Å². The van der Waals surface area contributed by atoms with Crippen LogP contribution in [0.3, 0.4) is 0 Å². The Balaban J connectivity index is 2.20. The zero-order valence-corrected chi connectivity index (χ0v) is 14.8. The Bertz CT molecular complexity index is 761. The van der Waals surface area contributed by atoms with Crippen molar-refractivity contribution < 1.29 is 18.3 Å². The summed E-state index contributed by atoms with van der Waals surface area (Å²) >= 11 is 0. The second-order valence-electron chi connectivity index (χ2n) is 5.85. The number of ether oxygens (including phenoxy) is 1. The van der Waals surface area contributed by atoms with Gasteiger partial charge in [-0.3, -0.25) is 4.79 Å². The van der Waals surface area contributed by atoms with Gasteiger partial charge in [0.15, 0.2) is 0 Å². The van der Waals surface area contributed by atoms with Gasteiger partial charge >= 0.3 is 6.61 Å². The minimum atomic E-state index is -2.86. The Morgan fingerprint density at radius 2 is 1.85 bits per heavy atom. The van der Waals surface area contributed by atoms with E-state index in [0.29, 0.717) is 30.0 Å². The molecule has 0 radical (unpaired) electrons. The summed E-state index contributed by atoms with van der Waals surface area (Å²) < 4.78 is 28.8. The van der Waals surface area contributed by atoms with E-state index in [4.69, 9.17) is 0 Å². The van der Waals surface area contributed by atoms with E-state index in [1.54, 1.807) is 35.2 Å². The van der Waals surface area contributed by atoms with Crippen LogP contribution in [0.1, 0.15) is 24.2 Å². The highest BCUT2D eigenvalue weighted by Gasteiger charge is 2.17. The number of nitrogens with zero attached hydrogens (tertiary/aromatic N) is 1. The van der Waals surface area contributed by atoms with E-state index in [-0.39, 0.29) is 11.7 Å². The molecule has 1 N–H and O–H groups in total. The van der Waals surface area contributed by atoms with Gasteiger partial charge in [0.1, 0.15) is 5.75 Å². The van der Waals surface area contributed by atoms with Crippen molar-refractivity contribution in [1.29, 1.82) is 0 Å². The number of halogens is 2. The molecular weight excluding hydrogens is 338 g/mol. The third-order valence-electron chi connectivity index (χ3n) is 3.65. The van der Waals surface area contributed by atoms with Crippen LogP contribution >= 0.6 is 0 Å². The summed E-state index contributed by atoms with van der Waals surface area (Å²) in [6, 6.07) is 13.3. The van der Waals surface area contributed by atoms with Crippen molar-refractivity contribution in [3.63, 3.8) is 0 Å². The summed E-state index contributed by atoms with van der Waals surface area (Å²) in [7, 11) is 0. The zero-order chi connectivity index (χ0) is 19.1. The van der Waals surface area contributed by atoms with Gasteiger partial charge in [-0.2, -0.15) is 8.78 Å². The minimum Gasteiger partial charge on any atom is -0.435 e. The van der Waals surface area contributed by atoms with Crippen LogP contribution in [-0.2, 0) is 0 Å². The highest BCUT2D eigenvalue weighted by Crippen LogP contribution is 2.24. The largest absolute Gasteiger partial charge is 0.435 e. The van der Waals surface area contributed by atoms with E-state index in [9.17, 15) is 13.6 Å². The van der Waals surface area contributed by atoms with E-state index in [1.807, 2.05) is 19.9 Å². The van der Waals surface area contributed by atoms with Crippen molar-refractivity contribution in [2.24, 2.45) is 0 Å². The normalized spacial score (nSPS) is 10.5. The maximum atomic E-state index is 12.8. The number of carbonyl (C=O) groups excluding carboxylic acids is 1. The first-order chi connectivity index (χ1) is 12.4. The Hall–Kier alpha value is -2.89. The molecule has 2 aromatic rings. The molecule has 138 valence electrons. The lowest BCUT2D eigenvalue weighted by Crippen LogP contribution is -2.32. The van der Waals surface area contributed by atoms with Gasteiger partial charge in [0.2, 0.25) is 0 Å². The quantitative estimate of drug-likeness (QED) is 0.668. The Labute approximate surface area is 152 Å². The smallest absolute Gasteiger partial charge is 0.387 e. The molecule has 0 fully saturated rings. The van der Waals surface area contributed by atoms with Gasteiger partial charge in [0.05, 0.1) is 11.3 Å². The van der Waals surface area contributed by atoms with Gasteiger partial charge in [0, 0.05) is 18.8 Å². The number of para-hydroxylation sites is 1. The van der Waals surface area contributed by atoms with E-state index < -0.39 is 6.61 Å². The van der Waals surface area contributed by atoms with Crippen molar-refractivity contribution in [2.75, 3.05) is 18.4 Å². The van der Waals surface area contributed by atoms with Crippen LogP contribution in [0.15, 0.2) is 60.7 Å². The number of hydrogen-bond acceptors (Lipinski definition) is 3. The van der Waals surface area contributed by atoms with Crippen molar-refractivity contribution in [3.05, 3.63) is 66.2 Å². The van der Waals surface area contributed by atoms with E-state index in [1.165, 1.54) is 12.1 Å². The molecule has 2 aromatic carbocycles. The molecule has 26 heavy (non-hydrogen) atoms. The van der Waals surface area contributed by atoms with Crippen molar-refractivity contribution in [1.82, 2.24) is 4.90 Å². The number of nitrogens with one attached hydrogen (secondary N) is 1. The number of benzene rings is 2. The number of likely N-dealkylation sites (N-methyl/N-ethyl adjacent to an activating group) is 1. The van der Waals surface area contributed by atoms with E-state index in [0.717, 1.165) is 5.57 Å². The molecule has 6 heteroatoms. The predicted octanol–water partition coefficient (Wildman–Crippen LogP) is 5.07. The van der Waals surface area contributed by atoms with Crippen LogP contribution in [0, 0.1) is 0 Å². The summed E-state index contributed by atoms with van der Waals surface area (Å²) in [5, 5.41) is 3.15. The Kier molecular flexibility index (Phi) is 6.72. The van der Waals surface area contributed by atoms with Gasteiger partial charge in [-0.1, -0.05) is 24.3 Å². The summed E-state index contributed by atoms with van der Waals surface area (Å²) in [6.07, 6.45) is 0. The third-order valence-corrected chi connectivity index (χ3v) is 3.65. The third kappa shape index (κ3) is 5.31. The molecule has 0 aliphatic heterocycles. The highest BCUT2D eigenvalue weighted by atomic mass is 19.3. The molecule has 0 aliphatic rings. The topological polar surface area (TPSA) is 41.6 Å². The lowest BCUT2D eigenvalue weighted by molar-refractivity contribution is -0.0498. The molecule has 0 aliphatic carbocycles. The lowest BCUT2D eigenvalue weighted by atomic mass is 10.1. The fourth-order valence-electron chi connectivity index (χ4n) is 2.48. The summed E-state index contributed by atoms with van der Waals surface area (Å²) in [5.41, 5.74) is 2.73. The average molecular weight is 360 g/mol. The van der Waals surface area contributed by atoms with E-state index in [2.05, 4.69) is 16.6 Å². The molecule has 0 unspecified atom stereocenters. The molecule has 0 heterocycles. The highest BCUT2D eigenvalue weighted by molar-refractivity contribution is 6.00.